The van der Waals surface area contributed by atoms with Crippen molar-refractivity contribution >= 4 is 29.8 Å². The molecular formula is C31H41N3O9. The van der Waals surface area contributed by atoms with Gasteiger partial charge in [-0.1, -0.05) is 62.2 Å². The van der Waals surface area contributed by atoms with Crippen LogP contribution in [0.3, 0.4) is 0 Å². The highest BCUT2D eigenvalue weighted by atomic mass is 16.6. The first-order chi connectivity index (χ1) is 20.3. The number of aliphatic carboxylic acids is 2. The Morgan fingerprint density at radius 3 is 1.86 bits per heavy atom. The molecule has 2 rings (SSSR count). The fraction of sp³-hybridized carbons (Fsp3) is 0.452. The van der Waals surface area contributed by atoms with E-state index in [4.69, 9.17) is 19.7 Å². The first kappa shape index (κ1) is 34.6. The second-order valence-corrected chi connectivity index (χ2v) is 11.0. The third-order valence-electron chi connectivity index (χ3n) is 6.07. The van der Waals surface area contributed by atoms with Gasteiger partial charge in [0, 0.05) is 19.4 Å². The second kappa shape index (κ2) is 16.7. The lowest BCUT2D eigenvalue weighted by Gasteiger charge is -2.25. The molecule has 0 aromatic heterocycles. The molecule has 234 valence electrons. The molecule has 0 aliphatic carbocycles. The SMILES string of the molecule is CCCCCNC(=O)C(Cc1ccc(OC(C(=O)O)C(=O)O)cc1)NC(=O)[C@H](Cc1ccccc1)NC(=O)OC(C)(C)C. The van der Waals surface area contributed by atoms with E-state index in [9.17, 15) is 24.0 Å². The summed E-state index contributed by atoms with van der Waals surface area (Å²) in [5.74, 6) is -4.30. The van der Waals surface area contributed by atoms with Crippen LogP contribution in [-0.2, 0) is 36.8 Å². The Kier molecular flexibility index (Phi) is 13.5. The molecular weight excluding hydrogens is 558 g/mol. The van der Waals surface area contributed by atoms with Crippen LogP contribution in [0, 0.1) is 0 Å². The molecule has 0 heterocycles. The normalized spacial score (nSPS) is 12.5. The predicted octanol–water partition coefficient (Wildman–Crippen LogP) is 3.07. The zero-order chi connectivity index (χ0) is 32.0. The maximum atomic E-state index is 13.5. The van der Waals surface area contributed by atoms with Crippen molar-refractivity contribution < 1.29 is 43.7 Å². The topological polar surface area (TPSA) is 180 Å². The second-order valence-electron chi connectivity index (χ2n) is 11.0. The van der Waals surface area contributed by atoms with Crippen LogP contribution in [0.5, 0.6) is 5.75 Å². The van der Waals surface area contributed by atoms with Crippen molar-refractivity contribution in [2.24, 2.45) is 0 Å². The number of carbonyl (C=O) groups is 5. The number of amides is 3. The van der Waals surface area contributed by atoms with Gasteiger partial charge in [0.25, 0.3) is 6.10 Å². The van der Waals surface area contributed by atoms with Crippen LogP contribution in [0.4, 0.5) is 4.79 Å². The monoisotopic (exact) mass is 599 g/mol. The van der Waals surface area contributed by atoms with Crippen LogP contribution in [0.2, 0.25) is 0 Å². The number of carbonyl (C=O) groups excluding carboxylic acids is 3. The lowest BCUT2D eigenvalue weighted by Crippen LogP contribution is -2.55. The van der Waals surface area contributed by atoms with E-state index in [2.05, 4.69) is 16.0 Å². The minimum atomic E-state index is -2.08. The number of carboxylic acids is 2. The van der Waals surface area contributed by atoms with E-state index >= 15 is 0 Å². The molecule has 5 N–H and O–H groups in total. The summed E-state index contributed by atoms with van der Waals surface area (Å²) in [4.78, 5) is 61.6. The molecule has 0 saturated carbocycles. The third-order valence-corrected chi connectivity index (χ3v) is 6.07. The maximum absolute atomic E-state index is 13.5. The third kappa shape index (κ3) is 12.8. The molecule has 12 heteroatoms. The van der Waals surface area contributed by atoms with E-state index in [1.54, 1.807) is 32.9 Å². The molecule has 0 radical (unpaired) electrons. The van der Waals surface area contributed by atoms with Crippen LogP contribution in [-0.4, -0.2) is 70.4 Å². The maximum Gasteiger partial charge on any atom is 0.408 e. The van der Waals surface area contributed by atoms with Crippen LogP contribution in [0.15, 0.2) is 54.6 Å². The predicted molar refractivity (Wildman–Crippen MR) is 158 cm³/mol. The van der Waals surface area contributed by atoms with Gasteiger partial charge in [0.05, 0.1) is 0 Å². The van der Waals surface area contributed by atoms with Crippen LogP contribution >= 0.6 is 0 Å². The van der Waals surface area contributed by atoms with Crippen molar-refractivity contribution in [2.75, 3.05) is 6.54 Å². The molecule has 2 aromatic rings. The number of unbranched alkanes of at least 4 members (excludes halogenated alkanes) is 2. The molecule has 0 bridgehead atoms. The molecule has 43 heavy (non-hydrogen) atoms. The minimum Gasteiger partial charge on any atom is -0.478 e. The number of carboxylic acid groups (broad SMARTS) is 2. The van der Waals surface area contributed by atoms with E-state index in [1.807, 2.05) is 37.3 Å². The van der Waals surface area contributed by atoms with Gasteiger partial charge in [0.1, 0.15) is 23.4 Å². The van der Waals surface area contributed by atoms with Gasteiger partial charge in [-0.05, 0) is 50.5 Å². The average molecular weight is 600 g/mol. The average Bonchev–Trinajstić information content (AvgIpc) is 2.93. The molecule has 0 aliphatic heterocycles. The Hall–Kier alpha value is -4.61. The van der Waals surface area contributed by atoms with Gasteiger partial charge in [-0.25, -0.2) is 14.4 Å². The molecule has 0 saturated heterocycles. The Morgan fingerprint density at radius 2 is 1.33 bits per heavy atom. The van der Waals surface area contributed by atoms with Crippen LogP contribution in [0.25, 0.3) is 0 Å². The summed E-state index contributed by atoms with van der Waals surface area (Å²) in [6.07, 6.45) is -0.00126. The number of nitrogens with one attached hydrogen (secondary N) is 3. The molecule has 1 unspecified atom stereocenters. The highest BCUT2D eigenvalue weighted by Crippen LogP contribution is 2.16. The lowest BCUT2D eigenvalue weighted by molar-refractivity contribution is -0.159. The first-order valence-electron chi connectivity index (χ1n) is 14.1. The van der Waals surface area contributed by atoms with Crippen molar-refractivity contribution in [3.05, 3.63) is 65.7 Å². The fourth-order valence-electron chi connectivity index (χ4n) is 3.98. The molecule has 0 aliphatic rings. The van der Waals surface area contributed by atoms with E-state index in [0.29, 0.717) is 12.1 Å². The summed E-state index contributed by atoms with van der Waals surface area (Å²) in [5.41, 5.74) is 0.586. The molecule has 0 spiro atoms. The van der Waals surface area contributed by atoms with E-state index in [-0.39, 0.29) is 18.6 Å². The Labute approximate surface area is 251 Å². The number of benzene rings is 2. The Balaban J connectivity index is 2.25. The number of rotatable bonds is 16. The highest BCUT2D eigenvalue weighted by Gasteiger charge is 2.30. The van der Waals surface area contributed by atoms with Gasteiger partial charge in [-0.2, -0.15) is 0 Å². The van der Waals surface area contributed by atoms with Gasteiger partial charge in [-0.3, -0.25) is 9.59 Å². The van der Waals surface area contributed by atoms with Crippen molar-refractivity contribution in [3.8, 4) is 5.75 Å². The van der Waals surface area contributed by atoms with Crippen molar-refractivity contribution in [3.63, 3.8) is 0 Å². The summed E-state index contributed by atoms with van der Waals surface area (Å²) in [6, 6.07) is 12.9. The van der Waals surface area contributed by atoms with Crippen molar-refractivity contribution in [1.29, 1.82) is 0 Å². The zero-order valence-electron chi connectivity index (χ0n) is 24.9. The summed E-state index contributed by atoms with van der Waals surface area (Å²) in [6.45, 7) is 7.58. The lowest BCUT2D eigenvalue weighted by atomic mass is 10.0. The number of hydrogen-bond acceptors (Lipinski definition) is 7. The summed E-state index contributed by atoms with van der Waals surface area (Å²) < 4.78 is 10.4. The standard InChI is InChI=1S/C31H41N3O9/c1-5-6-10-17-32-26(35)23(19-21-13-15-22(16-14-21)42-25(28(37)38)29(39)40)33-27(36)24(18-20-11-8-7-9-12-20)34-30(41)43-31(2,3)4/h7-9,11-16,23-25H,5-6,10,17-19H2,1-4H3,(H,32,35)(H,33,36)(H,34,41)(H,37,38)(H,39,40)/t23?,24-/m0/s1. The molecule has 12 nitrogen and oxygen atoms in total. The molecule has 0 fully saturated rings. The Morgan fingerprint density at radius 1 is 0.767 bits per heavy atom. The smallest absolute Gasteiger partial charge is 0.408 e. The largest absolute Gasteiger partial charge is 0.478 e. The number of hydrogen-bond donors (Lipinski definition) is 5. The summed E-state index contributed by atoms with van der Waals surface area (Å²) in [7, 11) is 0. The van der Waals surface area contributed by atoms with Gasteiger partial charge in [-0.15, -0.1) is 0 Å². The number of alkyl carbamates (subject to hydrolysis) is 1. The number of ether oxygens (including phenoxy) is 2. The van der Waals surface area contributed by atoms with E-state index in [0.717, 1.165) is 24.8 Å². The zero-order valence-corrected chi connectivity index (χ0v) is 24.9. The molecule has 3 amide bonds. The van der Waals surface area contributed by atoms with E-state index in [1.165, 1.54) is 12.1 Å². The van der Waals surface area contributed by atoms with Gasteiger partial charge >= 0.3 is 18.0 Å². The first-order valence-corrected chi connectivity index (χ1v) is 14.1. The van der Waals surface area contributed by atoms with Gasteiger partial charge in [0.15, 0.2) is 0 Å². The van der Waals surface area contributed by atoms with Crippen molar-refractivity contribution in [1.82, 2.24) is 16.0 Å². The molecule has 2 atom stereocenters. The van der Waals surface area contributed by atoms with Gasteiger partial charge < -0.3 is 35.6 Å². The van der Waals surface area contributed by atoms with Crippen molar-refractivity contribution in [2.45, 2.75) is 83.6 Å². The Bertz CT molecular complexity index is 1210. The molecule has 2 aromatic carbocycles. The quantitative estimate of drug-likeness (QED) is 0.143. The fourth-order valence-corrected chi connectivity index (χ4v) is 3.98. The van der Waals surface area contributed by atoms with Crippen LogP contribution < -0.4 is 20.7 Å². The summed E-state index contributed by atoms with van der Waals surface area (Å²) >= 11 is 0. The van der Waals surface area contributed by atoms with Crippen LogP contribution in [0.1, 0.15) is 58.1 Å². The minimum absolute atomic E-state index is 0.00707. The van der Waals surface area contributed by atoms with E-state index < -0.39 is 53.6 Å². The highest BCUT2D eigenvalue weighted by molar-refractivity contribution is 5.96. The van der Waals surface area contributed by atoms with Gasteiger partial charge in [0.2, 0.25) is 11.8 Å². The summed E-state index contributed by atoms with van der Waals surface area (Å²) in [5, 5.41) is 26.3.